The van der Waals surface area contributed by atoms with Crippen molar-refractivity contribution in [2.45, 2.75) is 36.2 Å². The second kappa shape index (κ2) is 11.2. The van der Waals surface area contributed by atoms with Crippen LogP contribution in [0.1, 0.15) is 30.4 Å². The van der Waals surface area contributed by atoms with E-state index in [4.69, 9.17) is 11.1 Å². The number of rotatable bonds is 10. The smallest absolute Gasteiger partial charge is 0.306 e. The first-order chi connectivity index (χ1) is 18.5. The van der Waals surface area contributed by atoms with E-state index in [0.29, 0.717) is 17.5 Å². The van der Waals surface area contributed by atoms with Crippen LogP contribution in [0.5, 0.6) is 0 Å². The van der Waals surface area contributed by atoms with E-state index in [1.54, 1.807) is 42.5 Å². The van der Waals surface area contributed by atoms with Crippen LogP contribution in [0, 0.1) is 5.41 Å². The molecule has 0 spiro atoms. The van der Waals surface area contributed by atoms with Gasteiger partial charge in [0.25, 0.3) is 0 Å². The molecule has 0 bridgehead atoms. The predicted octanol–water partition coefficient (Wildman–Crippen LogP) is 1.55. The molecule has 12 heteroatoms. The van der Waals surface area contributed by atoms with Crippen LogP contribution >= 0.6 is 0 Å². The molecule has 0 aromatic heterocycles. The molecule has 1 saturated heterocycles. The number of carbonyl (C=O) groups is 3. The quantitative estimate of drug-likeness (QED) is 0.187. The maximum atomic E-state index is 13.4. The molecule has 3 aromatic rings. The lowest BCUT2D eigenvalue weighted by Crippen LogP contribution is -2.59. The SMILES string of the molecule is N=C(N)c1ccc(CNC(=O)[C@]2(CC(=O)O)CCCN2C(=O)CNS(=O)(=O)c2ccc3ccccc3c2)cc1. The van der Waals surface area contributed by atoms with Gasteiger partial charge >= 0.3 is 5.97 Å². The summed E-state index contributed by atoms with van der Waals surface area (Å²) in [6.07, 6.45) is -0.111. The van der Waals surface area contributed by atoms with Crippen molar-refractivity contribution < 1.29 is 27.9 Å². The zero-order chi connectivity index (χ0) is 28.2. The van der Waals surface area contributed by atoms with Gasteiger partial charge in [-0.1, -0.05) is 54.6 Å². The van der Waals surface area contributed by atoms with E-state index in [0.717, 1.165) is 15.7 Å². The second-order valence-corrected chi connectivity index (χ2v) is 11.1. The number of carbonyl (C=O) groups excluding carboxylic acids is 2. The number of nitrogens with zero attached hydrogens (tertiary/aromatic N) is 1. The third-order valence-corrected chi connectivity index (χ3v) is 8.22. The lowest BCUT2D eigenvalue weighted by Gasteiger charge is -2.36. The van der Waals surface area contributed by atoms with Gasteiger partial charge in [-0.2, -0.15) is 0 Å². The summed E-state index contributed by atoms with van der Waals surface area (Å²) >= 11 is 0. The van der Waals surface area contributed by atoms with E-state index in [-0.39, 0.29) is 30.2 Å². The number of carboxylic acids is 1. The van der Waals surface area contributed by atoms with Crippen LogP contribution in [0.2, 0.25) is 0 Å². The Hall–Kier alpha value is -4.29. The molecule has 1 heterocycles. The minimum Gasteiger partial charge on any atom is -0.481 e. The average Bonchev–Trinajstić information content (AvgIpc) is 3.34. The molecule has 1 aliphatic heterocycles. The molecule has 0 saturated carbocycles. The number of sulfonamides is 1. The largest absolute Gasteiger partial charge is 0.481 e. The molecule has 1 aliphatic rings. The van der Waals surface area contributed by atoms with Crippen molar-refractivity contribution in [2.75, 3.05) is 13.1 Å². The summed E-state index contributed by atoms with van der Waals surface area (Å²) in [5.74, 6) is -2.68. The van der Waals surface area contributed by atoms with Crippen molar-refractivity contribution in [3.63, 3.8) is 0 Å². The summed E-state index contributed by atoms with van der Waals surface area (Å²) in [6.45, 7) is -0.449. The standard InChI is InChI=1S/C27H29N5O6S/c28-25(29)20-8-6-18(7-9-20)16-30-26(36)27(15-24(34)35)12-3-13-32(27)23(33)17-31-39(37,38)22-11-10-19-4-1-2-5-21(19)14-22/h1-2,4-11,14,31H,3,12-13,15-17H2,(H3,28,29)(H,30,36)(H,34,35)/t27-/m1/s1. The number of nitrogen functional groups attached to an aromatic ring is 1. The lowest BCUT2D eigenvalue weighted by molar-refractivity contribution is -0.151. The summed E-state index contributed by atoms with van der Waals surface area (Å²) in [5.41, 5.74) is 5.02. The predicted molar refractivity (Wildman–Crippen MR) is 144 cm³/mol. The highest BCUT2D eigenvalue weighted by Gasteiger charge is 2.51. The Morgan fingerprint density at radius 2 is 1.72 bits per heavy atom. The van der Waals surface area contributed by atoms with E-state index < -0.39 is 46.3 Å². The minimum absolute atomic E-state index is 0.0132. The summed E-state index contributed by atoms with van der Waals surface area (Å²) < 4.78 is 28.1. The molecule has 204 valence electrons. The fraction of sp³-hybridized carbons (Fsp3) is 0.259. The Morgan fingerprint density at radius 3 is 2.38 bits per heavy atom. The van der Waals surface area contributed by atoms with Crippen molar-refractivity contribution in [2.24, 2.45) is 5.73 Å². The summed E-state index contributed by atoms with van der Waals surface area (Å²) in [4.78, 5) is 39.5. The molecule has 6 N–H and O–H groups in total. The number of hydrogen-bond acceptors (Lipinski definition) is 6. The molecule has 0 radical (unpaired) electrons. The van der Waals surface area contributed by atoms with Gasteiger partial charge in [-0.3, -0.25) is 19.8 Å². The molecule has 3 aromatic carbocycles. The van der Waals surface area contributed by atoms with Crippen LogP contribution in [0.3, 0.4) is 0 Å². The summed E-state index contributed by atoms with van der Waals surface area (Å²) in [7, 11) is -4.05. The van der Waals surface area contributed by atoms with Crippen molar-refractivity contribution in [3.8, 4) is 0 Å². The second-order valence-electron chi connectivity index (χ2n) is 9.38. The number of benzene rings is 3. The van der Waals surface area contributed by atoms with Gasteiger partial charge in [-0.25, -0.2) is 13.1 Å². The number of hydrogen-bond donors (Lipinski definition) is 5. The van der Waals surface area contributed by atoms with E-state index in [2.05, 4.69) is 10.0 Å². The number of nitrogens with one attached hydrogen (secondary N) is 3. The Labute approximate surface area is 225 Å². The van der Waals surface area contributed by atoms with Crippen LogP contribution in [-0.2, 0) is 31.0 Å². The Bertz CT molecular complexity index is 1540. The van der Waals surface area contributed by atoms with Gasteiger partial charge in [-0.15, -0.1) is 0 Å². The highest BCUT2D eigenvalue weighted by Crippen LogP contribution is 2.33. The summed E-state index contributed by atoms with van der Waals surface area (Å²) in [5, 5.41) is 21.4. The molecule has 0 aliphatic carbocycles. The number of amidine groups is 1. The van der Waals surface area contributed by atoms with Gasteiger partial charge in [0.15, 0.2) is 0 Å². The number of likely N-dealkylation sites (tertiary alicyclic amines) is 1. The minimum atomic E-state index is -4.05. The Kier molecular flexibility index (Phi) is 7.98. The number of carboxylic acid groups (broad SMARTS) is 1. The van der Waals surface area contributed by atoms with Gasteiger partial charge < -0.3 is 21.1 Å². The zero-order valence-electron chi connectivity index (χ0n) is 21.0. The van der Waals surface area contributed by atoms with E-state index in [1.807, 2.05) is 12.1 Å². The molecule has 39 heavy (non-hydrogen) atoms. The zero-order valence-corrected chi connectivity index (χ0v) is 21.8. The van der Waals surface area contributed by atoms with Gasteiger partial charge in [-0.05, 0) is 41.3 Å². The number of aliphatic carboxylic acids is 1. The van der Waals surface area contributed by atoms with Crippen LogP contribution in [0.15, 0.2) is 71.6 Å². The van der Waals surface area contributed by atoms with E-state index >= 15 is 0 Å². The molecule has 2 amide bonds. The van der Waals surface area contributed by atoms with Crippen LogP contribution in [0.25, 0.3) is 10.8 Å². The molecule has 0 unspecified atom stereocenters. The van der Waals surface area contributed by atoms with E-state index in [1.165, 1.54) is 12.1 Å². The van der Waals surface area contributed by atoms with Gasteiger partial charge in [0.2, 0.25) is 21.8 Å². The lowest BCUT2D eigenvalue weighted by atomic mass is 9.90. The average molecular weight is 552 g/mol. The normalized spacial score (nSPS) is 17.2. The Morgan fingerprint density at radius 1 is 1.03 bits per heavy atom. The molecular weight excluding hydrogens is 522 g/mol. The fourth-order valence-corrected chi connectivity index (χ4v) is 5.82. The molecule has 1 fully saturated rings. The van der Waals surface area contributed by atoms with Crippen LogP contribution in [-0.4, -0.2) is 60.7 Å². The van der Waals surface area contributed by atoms with Crippen molar-refractivity contribution >= 4 is 44.4 Å². The van der Waals surface area contributed by atoms with Gasteiger partial charge in [0, 0.05) is 18.7 Å². The molecular formula is C27H29N5O6S. The fourth-order valence-electron chi connectivity index (χ4n) is 4.81. The summed E-state index contributed by atoms with van der Waals surface area (Å²) in [6, 6.07) is 18.5. The maximum Gasteiger partial charge on any atom is 0.306 e. The molecule has 4 rings (SSSR count). The third kappa shape index (κ3) is 6.07. The van der Waals surface area contributed by atoms with Crippen LogP contribution in [0.4, 0.5) is 0 Å². The number of nitrogens with two attached hydrogens (primary N) is 1. The number of fused-ring (bicyclic) bond motifs is 1. The number of amides is 2. The molecule has 11 nitrogen and oxygen atoms in total. The van der Waals surface area contributed by atoms with Gasteiger partial charge in [0.1, 0.15) is 11.4 Å². The van der Waals surface area contributed by atoms with Crippen molar-refractivity contribution in [3.05, 3.63) is 77.9 Å². The van der Waals surface area contributed by atoms with Crippen LogP contribution < -0.4 is 15.8 Å². The monoisotopic (exact) mass is 551 g/mol. The Balaban J connectivity index is 1.48. The third-order valence-electron chi connectivity index (χ3n) is 6.82. The maximum absolute atomic E-state index is 13.4. The van der Waals surface area contributed by atoms with Crippen molar-refractivity contribution in [1.29, 1.82) is 5.41 Å². The first-order valence-electron chi connectivity index (χ1n) is 12.2. The highest BCUT2D eigenvalue weighted by molar-refractivity contribution is 7.89. The van der Waals surface area contributed by atoms with Crippen molar-refractivity contribution in [1.82, 2.24) is 14.9 Å². The first-order valence-corrected chi connectivity index (χ1v) is 13.7. The highest BCUT2D eigenvalue weighted by atomic mass is 32.2. The van der Waals surface area contributed by atoms with Gasteiger partial charge in [0.05, 0.1) is 17.9 Å². The molecule has 1 atom stereocenters. The van der Waals surface area contributed by atoms with E-state index in [9.17, 15) is 27.9 Å². The first kappa shape index (κ1) is 27.7. The topological polar surface area (TPSA) is 183 Å².